The number of carbonyl (C=O) groups is 1. The lowest BCUT2D eigenvalue weighted by molar-refractivity contribution is -0.322. The predicted molar refractivity (Wildman–Crippen MR) is 68.7 cm³/mol. The molecular formula is C14H20F6O3. The third kappa shape index (κ3) is 6.56. The zero-order chi connectivity index (χ0) is 17.7. The van der Waals surface area contributed by atoms with E-state index in [1.54, 1.807) is 0 Å². The Labute approximate surface area is 130 Å². The van der Waals surface area contributed by atoms with Gasteiger partial charge in [-0.1, -0.05) is 6.42 Å². The minimum Gasteiger partial charge on any atom is -0.459 e. The highest BCUT2D eigenvalue weighted by atomic mass is 19.4. The minimum absolute atomic E-state index is 0.0457. The minimum atomic E-state index is -5.50. The molecule has 1 aliphatic carbocycles. The van der Waals surface area contributed by atoms with Gasteiger partial charge in [-0.2, -0.15) is 26.3 Å². The summed E-state index contributed by atoms with van der Waals surface area (Å²) in [4.78, 5) is 11.2. The summed E-state index contributed by atoms with van der Waals surface area (Å²) in [7, 11) is 0. The van der Waals surface area contributed by atoms with Gasteiger partial charge in [0.15, 0.2) is 0 Å². The number of rotatable bonds is 6. The van der Waals surface area contributed by atoms with Gasteiger partial charge in [-0.3, -0.25) is 4.79 Å². The highest BCUT2D eigenvalue weighted by Crippen LogP contribution is 2.37. The van der Waals surface area contributed by atoms with Crippen LogP contribution in [0.25, 0.3) is 0 Å². The first kappa shape index (κ1) is 20.1. The fourth-order valence-electron chi connectivity index (χ4n) is 2.87. The van der Waals surface area contributed by atoms with Crippen molar-refractivity contribution in [2.24, 2.45) is 0 Å². The smallest absolute Gasteiger partial charge is 0.423 e. The maximum Gasteiger partial charge on any atom is 0.423 e. The molecule has 0 atom stereocenters. The molecule has 0 aromatic heterocycles. The average Bonchev–Trinajstić information content (AvgIpc) is 2.35. The van der Waals surface area contributed by atoms with Gasteiger partial charge in [0.2, 0.25) is 6.10 Å². The molecule has 1 aliphatic rings. The molecule has 136 valence electrons. The third-order valence-electron chi connectivity index (χ3n) is 3.78. The Morgan fingerprint density at radius 2 is 1.57 bits per heavy atom. The van der Waals surface area contributed by atoms with Gasteiger partial charge >= 0.3 is 18.3 Å². The number of halogens is 6. The summed E-state index contributed by atoms with van der Waals surface area (Å²) in [5.41, 5.74) is -0.792. The molecule has 1 saturated carbocycles. The summed E-state index contributed by atoms with van der Waals surface area (Å²) in [5, 5.41) is 0. The van der Waals surface area contributed by atoms with Gasteiger partial charge in [0.25, 0.3) is 0 Å². The number of alkyl halides is 6. The van der Waals surface area contributed by atoms with Gasteiger partial charge < -0.3 is 9.47 Å². The van der Waals surface area contributed by atoms with Crippen molar-refractivity contribution in [2.45, 2.75) is 75.9 Å². The average molecular weight is 350 g/mol. The van der Waals surface area contributed by atoms with Gasteiger partial charge in [-0.05, 0) is 38.5 Å². The van der Waals surface area contributed by atoms with Crippen LogP contribution in [0, 0.1) is 0 Å². The van der Waals surface area contributed by atoms with Gasteiger partial charge in [0, 0.05) is 13.5 Å². The van der Waals surface area contributed by atoms with E-state index in [0.717, 1.165) is 19.3 Å². The highest BCUT2D eigenvalue weighted by molar-refractivity contribution is 5.66. The SMILES string of the molecule is CC(=O)OC1(CCCOC(C(F)(F)F)C(F)(F)F)CCCCC1. The zero-order valence-electron chi connectivity index (χ0n) is 12.7. The quantitative estimate of drug-likeness (QED) is 0.401. The van der Waals surface area contributed by atoms with E-state index in [2.05, 4.69) is 4.74 Å². The van der Waals surface area contributed by atoms with E-state index >= 15 is 0 Å². The molecule has 0 spiro atoms. The molecule has 1 fully saturated rings. The summed E-state index contributed by atoms with van der Waals surface area (Å²) >= 11 is 0. The number of carbonyl (C=O) groups excluding carboxylic acids is 1. The van der Waals surface area contributed by atoms with Crippen LogP contribution in [0.4, 0.5) is 26.3 Å². The van der Waals surface area contributed by atoms with Crippen molar-refractivity contribution in [1.82, 2.24) is 0 Å². The van der Waals surface area contributed by atoms with Crippen molar-refractivity contribution in [3.63, 3.8) is 0 Å². The van der Waals surface area contributed by atoms with Crippen LogP contribution < -0.4 is 0 Å². The number of esters is 1. The second kappa shape index (κ2) is 7.72. The Morgan fingerprint density at radius 3 is 2.00 bits per heavy atom. The molecule has 1 rings (SSSR count). The molecule has 0 saturated heterocycles. The Morgan fingerprint density at radius 1 is 1.04 bits per heavy atom. The van der Waals surface area contributed by atoms with Crippen LogP contribution in [0.5, 0.6) is 0 Å². The number of ether oxygens (including phenoxy) is 2. The lowest BCUT2D eigenvalue weighted by atomic mass is 9.81. The maximum atomic E-state index is 12.3. The summed E-state index contributed by atoms with van der Waals surface area (Å²) in [5.74, 6) is -0.503. The van der Waals surface area contributed by atoms with Crippen molar-refractivity contribution in [3.8, 4) is 0 Å². The summed E-state index contributed by atoms with van der Waals surface area (Å²) in [6.07, 6.45) is -10.9. The van der Waals surface area contributed by atoms with Crippen LogP contribution in [0.1, 0.15) is 51.9 Å². The van der Waals surface area contributed by atoms with Crippen molar-refractivity contribution >= 4 is 5.97 Å². The van der Waals surface area contributed by atoms with Crippen LogP contribution in [0.3, 0.4) is 0 Å². The first-order valence-corrected chi connectivity index (χ1v) is 7.41. The van der Waals surface area contributed by atoms with E-state index in [0.29, 0.717) is 12.8 Å². The first-order chi connectivity index (χ1) is 10.5. The molecule has 0 unspecified atom stereocenters. The van der Waals surface area contributed by atoms with Gasteiger partial charge in [-0.15, -0.1) is 0 Å². The molecule has 0 amide bonds. The molecule has 0 bridgehead atoms. The largest absolute Gasteiger partial charge is 0.459 e. The molecule has 0 aromatic carbocycles. The second-order valence-corrected chi connectivity index (χ2v) is 5.77. The molecule has 0 N–H and O–H groups in total. The Bertz CT molecular complexity index is 371. The Balaban J connectivity index is 2.54. The Hall–Kier alpha value is -0.990. The maximum absolute atomic E-state index is 12.3. The predicted octanol–water partition coefficient (Wildman–Crippen LogP) is 4.54. The van der Waals surface area contributed by atoms with E-state index in [4.69, 9.17) is 4.74 Å². The fourth-order valence-corrected chi connectivity index (χ4v) is 2.87. The van der Waals surface area contributed by atoms with E-state index in [9.17, 15) is 31.1 Å². The molecule has 0 radical (unpaired) electrons. The normalized spacial score (nSPS) is 19.0. The fraction of sp³-hybridized carbons (Fsp3) is 0.929. The van der Waals surface area contributed by atoms with Crippen LogP contribution in [0.15, 0.2) is 0 Å². The molecule has 0 aromatic rings. The third-order valence-corrected chi connectivity index (χ3v) is 3.78. The van der Waals surface area contributed by atoms with E-state index in [-0.39, 0.29) is 12.8 Å². The zero-order valence-corrected chi connectivity index (χ0v) is 12.7. The summed E-state index contributed by atoms with van der Waals surface area (Å²) < 4.78 is 83.3. The van der Waals surface area contributed by atoms with Gasteiger partial charge in [0.05, 0.1) is 0 Å². The van der Waals surface area contributed by atoms with E-state index < -0.39 is 36.6 Å². The highest BCUT2D eigenvalue weighted by Gasteiger charge is 2.57. The van der Waals surface area contributed by atoms with E-state index in [1.165, 1.54) is 6.92 Å². The Kier molecular flexibility index (Phi) is 6.73. The molecule has 3 nitrogen and oxygen atoms in total. The van der Waals surface area contributed by atoms with Crippen LogP contribution in [-0.2, 0) is 14.3 Å². The number of hydrogen-bond acceptors (Lipinski definition) is 3. The standard InChI is InChI=1S/C14H20F6O3/c1-10(21)23-12(6-3-2-4-7-12)8-5-9-22-11(13(15,16)17)14(18,19)20/h11H,2-9H2,1H3. The van der Waals surface area contributed by atoms with Crippen LogP contribution in [0.2, 0.25) is 0 Å². The molecule has 23 heavy (non-hydrogen) atoms. The van der Waals surface area contributed by atoms with Crippen molar-refractivity contribution in [1.29, 1.82) is 0 Å². The van der Waals surface area contributed by atoms with E-state index in [1.807, 2.05) is 0 Å². The molecule has 0 heterocycles. The monoisotopic (exact) mass is 350 g/mol. The van der Waals surface area contributed by atoms with Gasteiger partial charge in [-0.25, -0.2) is 0 Å². The topological polar surface area (TPSA) is 35.5 Å². The molecule has 9 heteroatoms. The van der Waals surface area contributed by atoms with Gasteiger partial charge in [0.1, 0.15) is 5.60 Å². The first-order valence-electron chi connectivity index (χ1n) is 7.41. The molecular weight excluding hydrogens is 330 g/mol. The van der Waals surface area contributed by atoms with Crippen molar-refractivity contribution in [2.75, 3.05) is 6.61 Å². The lowest BCUT2D eigenvalue weighted by Gasteiger charge is -2.36. The summed E-state index contributed by atoms with van der Waals surface area (Å²) in [6.45, 7) is 0.531. The second-order valence-electron chi connectivity index (χ2n) is 5.77. The van der Waals surface area contributed by atoms with Crippen molar-refractivity contribution in [3.05, 3.63) is 0 Å². The molecule has 0 aliphatic heterocycles. The lowest BCUT2D eigenvalue weighted by Crippen LogP contribution is -2.44. The number of hydrogen-bond donors (Lipinski definition) is 0. The van der Waals surface area contributed by atoms with Crippen molar-refractivity contribution < 1.29 is 40.6 Å². The summed E-state index contributed by atoms with van der Waals surface area (Å²) in [6, 6.07) is 0. The van der Waals surface area contributed by atoms with Crippen LogP contribution >= 0.6 is 0 Å². The van der Waals surface area contributed by atoms with Crippen LogP contribution in [-0.4, -0.2) is 36.6 Å².